The fourth-order valence-corrected chi connectivity index (χ4v) is 7.19. The monoisotopic (exact) mass is 562 g/mol. The molecule has 1 aromatic carbocycles. The molecule has 4 atom stereocenters. The zero-order valence-corrected chi connectivity index (χ0v) is 25.8. The average molecular weight is 563 g/mol. The Balaban J connectivity index is 2.54. The second-order valence-corrected chi connectivity index (χ2v) is 13.5. The van der Waals surface area contributed by atoms with Gasteiger partial charge in [0.05, 0.1) is 11.8 Å². The van der Waals surface area contributed by atoms with Crippen molar-refractivity contribution in [3.8, 4) is 0 Å². The van der Waals surface area contributed by atoms with Gasteiger partial charge in [-0.25, -0.2) is 0 Å². The highest BCUT2D eigenvalue weighted by Gasteiger charge is 2.75. The topological polar surface area (TPSA) is 109 Å². The highest BCUT2D eigenvalue weighted by atomic mass is 16.4. The summed E-state index contributed by atoms with van der Waals surface area (Å²) in [6.45, 7) is 15.2. The molecule has 0 aromatic heterocycles. The van der Waals surface area contributed by atoms with E-state index >= 15 is 4.79 Å². The number of fused-ring (bicyclic) bond motifs is 2. The number of ketones is 3. The maximum atomic E-state index is 15.2. The average Bonchev–Trinajstić information content (AvgIpc) is 2.86. The molecule has 0 aliphatic heterocycles. The Morgan fingerprint density at radius 2 is 1.56 bits per heavy atom. The maximum Gasteiger partial charge on any atom is 0.304 e. The van der Waals surface area contributed by atoms with Gasteiger partial charge in [-0.15, -0.1) is 0 Å². The number of carboxylic acids is 1. The third-order valence-corrected chi connectivity index (χ3v) is 9.35. The molecule has 6 heteroatoms. The van der Waals surface area contributed by atoms with Crippen LogP contribution in [-0.2, 0) is 19.2 Å². The molecule has 2 aliphatic carbocycles. The van der Waals surface area contributed by atoms with Crippen LogP contribution < -0.4 is 0 Å². The summed E-state index contributed by atoms with van der Waals surface area (Å²) >= 11 is 0. The Kier molecular flexibility index (Phi) is 9.36. The molecule has 0 spiro atoms. The fraction of sp³-hybridized carbons (Fsp3) is 0.543. The smallest absolute Gasteiger partial charge is 0.304 e. The molecule has 1 saturated carbocycles. The number of aliphatic hydroxyl groups excluding tert-OH is 1. The number of benzene rings is 1. The summed E-state index contributed by atoms with van der Waals surface area (Å²) in [6, 6.07) is 8.84. The van der Waals surface area contributed by atoms with E-state index in [0.717, 1.165) is 11.1 Å². The van der Waals surface area contributed by atoms with Crippen molar-refractivity contribution in [1.82, 2.24) is 0 Å². The van der Waals surface area contributed by atoms with Crippen molar-refractivity contribution >= 4 is 23.3 Å². The predicted molar refractivity (Wildman–Crippen MR) is 160 cm³/mol. The molecule has 0 saturated heterocycles. The largest absolute Gasteiger partial charge is 0.510 e. The SMILES string of the molecule is CC(C)=CCC1CC2(CC=C(C)C)C(=O)C(C(CC(=O)O)c3ccccc3)(C(=O)C(C(=O)CC(C)C)=C2O)C1(C)C. The van der Waals surface area contributed by atoms with Gasteiger partial charge in [-0.2, -0.15) is 0 Å². The van der Waals surface area contributed by atoms with Gasteiger partial charge in [0.2, 0.25) is 0 Å². The quantitative estimate of drug-likeness (QED) is 0.164. The van der Waals surface area contributed by atoms with Crippen LogP contribution in [0.1, 0.15) is 99.0 Å². The second kappa shape index (κ2) is 11.9. The van der Waals surface area contributed by atoms with E-state index in [9.17, 15) is 24.6 Å². The minimum atomic E-state index is -1.88. The van der Waals surface area contributed by atoms with Crippen molar-refractivity contribution in [2.45, 2.75) is 93.4 Å². The van der Waals surface area contributed by atoms with E-state index in [1.807, 2.05) is 61.5 Å². The van der Waals surface area contributed by atoms with Crippen molar-refractivity contribution in [2.75, 3.05) is 0 Å². The Labute approximate surface area is 244 Å². The number of carbonyl (C=O) groups excluding carboxylic acids is 3. The molecule has 1 fully saturated rings. The lowest BCUT2D eigenvalue weighted by atomic mass is 9.37. The van der Waals surface area contributed by atoms with Crippen LogP contribution in [0.4, 0.5) is 0 Å². The lowest BCUT2D eigenvalue weighted by Crippen LogP contribution is -2.69. The molecule has 3 rings (SSSR count). The summed E-state index contributed by atoms with van der Waals surface area (Å²) in [6.07, 6.45) is 4.44. The molecule has 41 heavy (non-hydrogen) atoms. The Morgan fingerprint density at radius 3 is 2.07 bits per heavy atom. The predicted octanol–water partition coefficient (Wildman–Crippen LogP) is 7.56. The second-order valence-electron chi connectivity index (χ2n) is 13.5. The first-order valence-corrected chi connectivity index (χ1v) is 14.6. The normalized spacial score (nSPS) is 26.0. The number of hydrogen-bond donors (Lipinski definition) is 2. The van der Waals surface area contributed by atoms with Gasteiger partial charge in [-0.1, -0.05) is 81.3 Å². The number of rotatable bonds is 11. The van der Waals surface area contributed by atoms with E-state index in [1.54, 1.807) is 30.3 Å². The van der Waals surface area contributed by atoms with Crippen molar-refractivity contribution in [3.63, 3.8) is 0 Å². The van der Waals surface area contributed by atoms with Crippen LogP contribution in [0.2, 0.25) is 0 Å². The third-order valence-electron chi connectivity index (χ3n) is 9.35. The van der Waals surface area contributed by atoms with Gasteiger partial charge in [0.1, 0.15) is 16.7 Å². The Morgan fingerprint density at radius 1 is 0.976 bits per heavy atom. The van der Waals surface area contributed by atoms with Crippen LogP contribution in [0.3, 0.4) is 0 Å². The van der Waals surface area contributed by atoms with Crippen molar-refractivity contribution in [1.29, 1.82) is 0 Å². The third kappa shape index (κ3) is 5.50. The molecule has 222 valence electrons. The van der Waals surface area contributed by atoms with E-state index in [2.05, 4.69) is 6.08 Å². The highest BCUT2D eigenvalue weighted by Crippen LogP contribution is 2.69. The molecule has 2 bridgehead atoms. The highest BCUT2D eigenvalue weighted by molar-refractivity contribution is 6.32. The van der Waals surface area contributed by atoms with Crippen molar-refractivity contribution in [2.24, 2.45) is 28.1 Å². The first-order valence-electron chi connectivity index (χ1n) is 14.6. The Hall–Kier alpha value is -3.28. The number of allylic oxidation sites excluding steroid dienone is 6. The summed E-state index contributed by atoms with van der Waals surface area (Å²) in [4.78, 5) is 56.4. The number of hydrogen-bond acceptors (Lipinski definition) is 5. The maximum absolute atomic E-state index is 15.2. The zero-order chi connectivity index (χ0) is 30.9. The summed E-state index contributed by atoms with van der Waals surface area (Å²) in [5.41, 5.74) is -2.18. The summed E-state index contributed by atoms with van der Waals surface area (Å²) in [5, 5.41) is 22.1. The first kappa shape index (κ1) is 32.2. The van der Waals surface area contributed by atoms with Gasteiger partial charge >= 0.3 is 5.97 Å². The van der Waals surface area contributed by atoms with Crippen LogP contribution in [0, 0.1) is 28.1 Å². The number of carbonyl (C=O) groups is 4. The van der Waals surface area contributed by atoms with Gasteiger partial charge in [-0.05, 0) is 69.8 Å². The van der Waals surface area contributed by atoms with Crippen LogP contribution in [0.15, 0.2) is 65.0 Å². The van der Waals surface area contributed by atoms with Crippen molar-refractivity contribution in [3.05, 3.63) is 70.5 Å². The van der Waals surface area contributed by atoms with E-state index in [0.29, 0.717) is 12.0 Å². The Bertz CT molecular complexity index is 1300. The lowest BCUT2D eigenvalue weighted by molar-refractivity contribution is -0.176. The van der Waals surface area contributed by atoms with Crippen molar-refractivity contribution < 1.29 is 29.4 Å². The molecular weight excluding hydrogens is 516 g/mol. The fourth-order valence-electron chi connectivity index (χ4n) is 7.19. The molecule has 6 nitrogen and oxygen atoms in total. The molecule has 0 heterocycles. The minimum absolute atomic E-state index is 0.0324. The van der Waals surface area contributed by atoms with Gasteiger partial charge in [-0.3, -0.25) is 19.2 Å². The molecular formula is C35H46O6. The van der Waals surface area contributed by atoms with Gasteiger partial charge in [0.15, 0.2) is 17.3 Å². The van der Waals surface area contributed by atoms with Gasteiger partial charge in [0, 0.05) is 12.3 Å². The molecule has 2 aliphatic rings. The standard InChI is InChI=1S/C35H46O6/c1-21(2)14-15-25-20-34(17-16-22(3)4)30(39)29(27(36)18-23(5)6)31(40)35(32(34)41,33(25,7)8)26(19-28(37)38)24-12-10-9-11-13-24/h9-14,16,23,25-26,39H,15,17-20H2,1-8H3,(H,37,38). The summed E-state index contributed by atoms with van der Waals surface area (Å²) in [5.74, 6) is -4.66. The summed E-state index contributed by atoms with van der Waals surface area (Å²) in [7, 11) is 0. The zero-order valence-electron chi connectivity index (χ0n) is 25.8. The van der Waals surface area contributed by atoms with E-state index in [-0.39, 0.29) is 36.7 Å². The van der Waals surface area contributed by atoms with Crippen LogP contribution >= 0.6 is 0 Å². The van der Waals surface area contributed by atoms with E-state index < -0.39 is 57.7 Å². The van der Waals surface area contributed by atoms with Crippen LogP contribution in [0.25, 0.3) is 0 Å². The van der Waals surface area contributed by atoms with Crippen LogP contribution in [-0.4, -0.2) is 33.5 Å². The molecule has 1 aromatic rings. The number of carboxylic acid groups (broad SMARTS) is 1. The van der Waals surface area contributed by atoms with Gasteiger partial charge < -0.3 is 10.2 Å². The molecule has 0 radical (unpaired) electrons. The summed E-state index contributed by atoms with van der Waals surface area (Å²) < 4.78 is 0. The van der Waals surface area contributed by atoms with Crippen LogP contribution in [0.5, 0.6) is 0 Å². The number of Topliss-reactive ketones (excluding diaryl/α,β-unsaturated/α-hetero) is 3. The molecule has 2 N–H and O–H groups in total. The molecule has 4 unspecified atom stereocenters. The number of aliphatic hydroxyl groups is 1. The van der Waals surface area contributed by atoms with E-state index in [1.165, 1.54) is 0 Å². The van der Waals surface area contributed by atoms with E-state index in [4.69, 9.17) is 0 Å². The first-order chi connectivity index (χ1) is 19.0. The molecule has 0 amide bonds. The minimum Gasteiger partial charge on any atom is -0.510 e. The van der Waals surface area contributed by atoms with Gasteiger partial charge in [0.25, 0.3) is 0 Å². The lowest BCUT2D eigenvalue weighted by Gasteiger charge is -2.62. The number of aliphatic carboxylic acids is 1.